The van der Waals surface area contributed by atoms with Crippen LogP contribution >= 0.6 is 0 Å². The number of nitrogens with one attached hydrogen (secondary N) is 2. The van der Waals surface area contributed by atoms with E-state index in [1.54, 1.807) is 4.90 Å². The zero-order valence-corrected chi connectivity index (χ0v) is 16.6. The molecule has 1 saturated heterocycles. The zero-order chi connectivity index (χ0) is 21.7. The number of aliphatic hydroxyl groups excluding tert-OH is 1. The first-order valence-electron chi connectivity index (χ1n) is 9.83. The molecule has 0 radical (unpaired) electrons. The molecule has 10 heteroatoms. The van der Waals surface area contributed by atoms with Gasteiger partial charge in [0.05, 0.1) is 11.7 Å². The molecule has 1 fully saturated rings. The van der Waals surface area contributed by atoms with Crippen molar-refractivity contribution in [1.29, 1.82) is 0 Å². The first kappa shape index (κ1) is 22.2. The van der Waals surface area contributed by atoms with E-state index in [9.17, 15) is 18.3 Å². The van der Waals surface area contributed by atoms with Crippen LogP contribution in [-0.2, 0) is 12.7 Å². The fourth-order valence-corrected chi connectivity index (χ4v) is 3.42. The van der Waals surface area contributed by atoms with E-state index in [0.29, 0.717) is 25.2 Å². The Morgan fingerprint density at radius 1 is 1.23 bits per heavy atom. The molecule has 2 aromatic rings. The summed E-state index contributed by atoms with van der Waals surface area (Å²) in [6, 6.07) is 4.78. The Labute approximate surface area is 172 Å². The van der Waals surface area contributed by atoms with E-state index in [4.69, 9.17) is 0 Å². The topological polar surface area (TPSA) is 73.3 Å². The van der Waals surface area contributed by atoms with Gasteiger partial charge < -0.3 is 20.6 Å². The predicted octanol–water partition coefficient (Wildman–Crippen LogP) is 3.04. The minimum atomic E-state index is -4.40. The van der Waals surface area contributed by atoms with Gasteiger partial charge in [0.1, 0.15) is 6.33 Å². The smallest absolute Gasteiger partial charge is 0.391 e. The molecule has 3 rings (SSSR count). The van der Waals surface area contributed by atoms with Crippen molar-refractivity contribution in [1.82, 2.24) is 15.3 Å². The number of hydrogen-bond acceptors (Lipinski definition) is 6. The van der Waals surface area contributed by atoms with Crippen LogP contribution < -0.4 is 15.5 Å². The molecular formula is C20H25F4N5O. The lowest BCUT2D eigenvalue weighted by atomic mass is 9.95. The van der Waals surface area contributed by atoms with Crippen molar-refractivity contribution < 1.29 is 22.7 Å². The minimum Gasteiger partial charge on any atom is -0.391 e. The van der Waals surface area contributed by atoms with E-state index in [1.807, 2.05) is 6.92 Å². The number of aromatic nitrogens is 2. The molecule has 0 spiro atoms. The average molecular weight is 427 g/mol. The number of piperidine rings is 1. The largest absolute Gasteiger partial charge is 0.416 e. The van der Waals surface area contributed by atoms with Gasteiger partial charge >= 0.3 is 6.18 Å². The highest BCUT2D eigenvalue weighted by atomic mass is 19.4. The Hall–Kier alpha value is -2.46. The molecule has 3 N–H and O–H groups in total. The summed E-state index contributed by atoms with van der Waals surface area (Å²) in [5.41, 5.74) is -0.121. The Balaban J connectivity index is 1.71. The maximum atomic E-state index is 15.0. The average Bonchev–Trinajstić information content (AvgIpc) is 2.72. The molecule has 1 aliphatic heterocycles. The standard InChI is InChI=1S/C20H25F4N5O/c1-2-29(11-13-3-5-15(6-4-13)20(22,23)24)19-17(21)18(27-12-28-19)26-9-14-7-8-25-10-16(14)30/h3-6,12,14,16,25,30H,2,7-11H2,1H3,(H,26,27,28)/t14-,16+/m0/s1. The van der Waals surface area contributed by atoms with Crippen molar-refractivity contribution >= 4 is 11.6 Å². The van der Waals surface area contributed by atoms with Gasteiger partial charge in [-0.2, -0.15) is 17.6 Å². The molecule has 0 saturated carbocycles. The van der Waals surface area contributed by atoms with Crippen LogP contribution in [0, 0.1) is 11.7 Å². The van der Waals surface area contributed by atoms with Gasteiger partial charge in [0.25, 0.3) is 0 Å². The van der Waals surface area contributed by atoms with Crippen LogP contribution in [0.2, 0.25) is 0 Å². The summed E-state index contributed by atoms with van der Waals surface area (Å²) in [5.74, 6) is -0.537. The van der Waals surface area contributed by atoms with Gasteiger partial charge in [0.2, 0.25) is 5.82 Å². The maximum absolute atomic E-state index is 15.0. The Morgan fingerprint density at radius 2 is 1.97 bits per heavy atom. The number of halogens is 4. The van der Waals surface area contributed by atoms with Crippen LogP contribution in [-0.4, -0.2) is 47.4 Å². The molecule has 1 aromatic heterocycles. The number of alkyl halides is 3. The number of β-amino-alcohol motifs (C(OH)–C–C–N with tert-alkyl or cyclic N) is 1. The summed E-state index contributed by atoms with van der Waals surface area (Å²) in [6.45, 7) is 4.08. The lowest BCUT2D eigenvalue weighted by Crippen LogP contribution is -2.43. The monoisotopic (exact) mass is 427 g/mol. The highest BCUT2D eigenvalue weighted by Gasteiger charge is 2.30. The van der Waals surface area contributed by atoms with Crippen molar-refractivity contribution in [3.8, 4) is 0 Å². The van der Waals surface area contributed by atoms with Crippen molar-refractivity contribution in [3.63, 3.8) is 0 Å². The third-order valence-corrected chi connectivity index (χ3v) is 5.23. The molecule has 2 heterocycles. The van der Waals surface area contributed by atoms with Gasteiger partial charge in [-0.15, -0.1) is 0 Å². The molecule has 0 aliphatic carbocycles. The number of anilines is 2. The van der Waals surface area contributed by atoms with E-state index in [1.165, 1.54) is 18.5 Å². The normalized spacial score (nSPS) is 19.5. The van der Waals surface area contributed by atoms with Crippen molar-refractivity contribution in [2.75, 3.05) is 36.4 Å². The first-order chi connectivity index (χ1) is 14.3. The van der Waals surface area contributed by atoms with E-state index in [0.717, 1.165) is 25.1 Å². The number of nitrogens with zero attached hydrogens (tertiary/aromatic N) is 3. The Kier molecular flexibility index (Phi) is 7.09. The van der Waals surface area contributed by atoms with Gasteiger partial charge in [-0.3, -0.25) is 0 Å². The fraction of sp³-hybridized carbons (Fsp3) is 0.500. The molecular weight excluding hydrogens is 402 g/mol. The van der Waals surface area contributed by atoms with Crippen LogP contribution in [0.5, 0.6) is 0 Å². The van der Waals surface area contributed by atoms with Gasteiger partial charge in [0.15, 0.2) is 11.6 Å². The Morgan fingerprint density at radius 3 is 2.60 bits per heavy atom. The molecule has 30 heavy (non-hydrogen) atoms. The van der Waals surface area contributed by atoms with Crippen molar-refractivity contribution in [2.45, 2.75) is 32.2 Å². The van der Waals surface area contributed by atoms with Gasteiger partial charge in [-0.25, -0.2) is 9.97 Å². The van der Waals surface area contributed by atoms with E-state index in [-0.39, 0.29) is 24.1 Å². The number of aliphatic hydroxyl groups is 1. The van der Waals surface area contributed by atoms with Gasteiger partial charge in [0, 0.05) is 32.1 Å². The third-order valence-electron chi connectivity index (χ3n) is 5.23. The SMILES string of the molecule is CCN(Cc1ccc(C(F)(F)F)cc1)c1ncnc(NC[C@@H]2CCNC[C@H]2O)c1F. The first-order valence-corrected chi connectivity index (χ1v) is 9.83. The van der Waals surface area contributed by atoms with E-state index < -0.39 is 23.7 Å². The molecule has 6 nitrogen and oxygen atoms in total. The second kappa shape index (κ2) is 9.57. The number of hydrogen-bond donors (Lipinski definition) is 3. The summed E-state index contributed by atoms with van der Waals surface area (Å²) in [6.07, 6.45) is -2.90. The lowest BCUT2D eigenvalue weighted by Gasteiger charge is -2.29. The summed E-state index contributed by atoms with van der Waals surface area (Å²) >= 11 is 0. The van der Waals surface area contributed by atoms with Crippen LogP contribution in [0.1, 0.15) is 24.5 Å². The second-order valence-corrected chi connectivity index (χ2v) is 7.27. The zero-order valence-electron chi connectivity index (χ0n) is 16.6. The maximum Gasteiger partial charge on any atom is 0.416 e. The molecule has 0 unspecified atom stereocenters. The number of benzene rings is 1. The van der Waals surface area contributed by atoms with E-state index in [2.05, 4.69) is 20.6 Å². The van der Waals surface area contributed by atoms with Crippen molar-refractivity contribution in [3.05, 3.63) is 47.5 Å². The van der Waals surface area contributed by atoms with Crippen LogP contribution in [0.25, 0.3) is 0 Å². The van der Waals surface area contributed by atoms with Gasteiger partial charge in [-0.1, -0.05) is 12.1 Å². The second-order valence-electron chi connectivity index (χ2n) is 7.27. The van der Waals surface area contributed by atoms with Crippen molar-refractivity contribution in [2.24, 2.45) is 5.92 Å². The summed E-state index contributed by atoms with van der Waals surface area (Å²) in [7, 11) is 0. The predicted molar refractivity (Wildman–Crippen MR) is 106 cm³/mol. The molecule has 164 valence electrons. The minimum absolute atomic E-state index is 0.0153. The fourth-order valence-electron chi connectivity index (χ4n) is 3.42. The number of rotatable bonds is 7. The molecule has 0 bridgehead atoms. The quantitative estimate of drug-likeness (QED) is 0.590. The Bertz CT molecular complexity index is 831. The van der Waals surface area contributed by atoms with Crippen LogP contribution in [0.3, 0.4) is 0 Å². The summed E-state index contributed by atoms with van der Waals surface area (Å²) in [5, 5.41) is 16.1. The summed E-state index contributed by atoms with van der Waals surface area (Å²) in [4.78, 5) is 9.63. The van der Waals surface area contributed by atoms with Gasteiger partial charge in [-0.05, 0) is 37.6 Å². The molecule has 1 aromatic carbocycles. The highest BCUT2D eigenvalue weighted by molar-refractivity contribution is 5.51. The van der Waals surface area contributed by atoms with E-state index >= 15 is 4.39 Å². The van der Waals surface area contributed by atoms with Crippen LogP contribution in [0.4, 0.5) is 29.2 Å². The van der Waals surface area contributed by atoms with Crippen LogP contribution in [0.15, 0.2) is 30.6 Å². The highest BCUT2D eigenvalue weighted by Crippen LogP contribution is 2.30. The molecule has 2 atom stereocenters. The summed E-state index contributed by atoms with van der Waals surface area (Å²) < 4.78 is 53.2. The lowest BCUT2D eigenvalue weighted by molar-refractivity contribution is -0.137. The molecule has 0 amide bonds. The third kappa shape index (κ3) is 5.37. The molecule has 1 aliphatic rings.